The van der Waals surface area contributed by atoms with E-state index in [-0.39, 0.29) is 12.2 Å². The van der Waals surface area contributed by atoms with Crippen molar-refractivity contribution in [1.82, 2.24) is 10.3 Å². The second-order valence-corrected chi connectivity index (χ2v) is 11.0. The molecule has 13 heteroatoms. The second kappa shape index (κ2) is 8.19. The number of thiazole rings is 1. The lowest BCUT2D eigenvalue weighted by Crippen LogP contribution is -2.47. The van der Waals surface area contributed by atoms with Crippen molar-refractivity contribution in [2.75, 3.05) is 11.5 Å². The van der Waals surface area contributed by atoms with Crippen LogP contribution in [0.15, 0.2) is 15.9 Å². The first-order valence-electron chi connectivity index (χ1n) is 8.60. The molecule has 0 radical (unpaired) electrons. The summed E-state index contributed by atoms with van der Waals surface area (Å²) in [6, 6.07) is -1.07. The summed E-state index contributed by atoms with van der Waals surface area (Å²) >= 11 is 0.622. The summed E-state index contributed by atoms with van der Waals surface area (Å²) in [5, 5.41) is 13.2. The van der Waals surface area contributed by atoms with Gasteiger partial charge in [-0.3, -0.25) is 4.79 Å². The highest BCUT2D eigenvalue weighted by Crippen LogP contribution is 2.42. The lowest BCUT2D eigenvalue weighted by atomic mass is 10.0. The summed E-state index contributed by atoms with van der Waals surface area (Å²) in [6.07, 6.45) is -5.79. The Labute approximate surface area is 170 Å². The van der Waals surface area contributed by atoms with Crippen LogP contribution in [0.4, 0.5) is 18.0 Å². The molecule has 0 saturated carbocycles. The number of hydrogen-bond acceptors (Lipinski definition) is 7. The summed E-state index contributed by atoms with van der Waals surface area (Å²) < 4.78 is 61.6. The maximum atomic E-state index is 13.4. The van der Waals surface area contributed by atoms with Crippen LogP contribution < -0.4 is 5.32 Å². The van der Waals surface area contributed by atoms with Gasteiger partial charge >= 0.3 is 12.3 Å². The third-order valence-electron chi connectivity index (χ3n) is 4.01. The minimum atomic E-state index is -5.04. The third kappa shape index (κ3) is 5.89. The van der Waals surface area contributed by atoms with Crippen molar-refractivity contribution in [2.45, 2.75) is 57.0 Å². The van der Waals surface area contributed by atoms with Gasteiger partial charge < -0.3 is 15.2 Å². The fraction of sp³-hybridized carbons (Fsp3) is 0.688. The Bertz CT molecular complexity index is 873. The highest BCUT2D eigenvalue weighted by Gasteiger charge is 2.56. The zero-order valence-electron chi connectivity index (χ0n) is 16.0. The zero-order valence-corrected chi connectivity index (χ0v) is 17.6. The molecular formula is C16H22F3N3O5S2. The second-order valence-electron chi connectivity index (χ2n) is 7.54. The summed E-state index contributed by atoms with van der Waals surface area (Å²) in [5.74, 6) is -1.75. The van der Waals surface area contributed by atoms with E-state index in [9.17, 15) is 32.1 Å². The van der Waals surface area contributed by atoms with Gasteiger partial charge in [0.2, 0.25) is 5.60 Å². The van der Waals surface area contributed by atoms with Gasteiger partial charge in [0, 0.05) is 29.5 Å². The molecule has 164 valence electrons. The summed E-state index contributed by atoms with van der Waals surface area (Å²) in [5.41, 5.74) is -4.07. The van der Waals surface area contributed by atoms with E-state index in [2.05, 4.69) is 14.7 Å². The molecule has 1 aliphatic rings. The zero-order chi connectivity index (χ0) is 22.1. The van der Waals surface area contributed by atoms with Crippen LogP contribution in [0.25, 0.3) is 0 Å². The molecule has 2 unspecified atom stereocenters. The summed E-state index contributed by atoms with van der Waals surface area (Å²) in [4.78, 5) is 27.4. The number of alkyl carbamates (subject to hydrolysis) is 1. The van der Waals surface area contributed by atoms with Crippen molar-refractivity contribution in [2.24, 2.45) is 4.36 Å². The number of aromatic nitrogens is 1. The van der Waals surface area contributed by atoms with Crippen LogP contribution in [0.2, 0.25) is 0 Å². The molecule has 0 saturated heterocycles. The lowest BCUT2D eigenvalue weighted by molar-refractivity contribution is -0.267. The standard InChI is InChI=1S/C16H22F3N3O5S2/c1-14(2,3)27-13(24)21-10-4-8-29(26,22-11(10)23)9-5-15(25,16(17,18)19)12-20-6-7-28-12/h6-7,10,25H,4-5,8-9H2,1-3H3,(H,21,24)/t10-,15?,29?/m0/s1. The fourth-order valence-electron chi connectivity index (χ4n) is 2.53. The number of carbonyl (C=O) groups is 2. The first-order valence-corrected chi connectivity index (χ1v) is 11.3. The molecule has 29 heavy (non-hydrogen) atoms. The Balaban J connectivity index is 2.11. The number of carbonyl (C=O) groups excluding carboxylic acids is 2. The van der Waals surface area contributed by atoms with E-state index in [1.54, 1.807) is 20.8 Å². The third-order valence-corrected chi connectivity index (χ3v) is 7.16. The number of rotatable bonds is 5. The van der Waals surface area contributed by atoms with Crippen molar-refractivity contribution >= 4 is 33.1 Å². The van der Waals surface area contributed by atoms with Crippen LogP contribution in [-0.2, 0) is 24.9 Å². The predicted molar refractivity (Wildman–Crippen MR) is 99.8 cm³/mol. The SMILES string of the molecule is CC(C)(C)OC(=O)N[C@H]1CCS(=O)(CCC(O)(c2nccs2)C(F)(F)F)=NC1=O. The van der Waals surface area contributed by atoms with E-state index < -0.39 is 62.3 Å². The van der Waals surface area contributed by atoms with Crippen LogP contribution in [0.5, 0.6) is 0 Å². The number of ether oxygens (including phenoxy) is 1. The molecule has 2 N–H and O–H groups in total. The quantitative estimate of drug-likeness (QED) is 0.702. The maximum absolute atomic E-state index is 13.4. The van der Waals surface area contributed by atoms with E-state index in [4.69, 9.17) is 4.74 Å². The molecule has 1 aromatic heterocycles. The lowest BCUT2D eigenvalue weighted by Gasteiger charge is -2.30. The molecule has 0 bridgehead atoms. The Morgan fingerprint density at radius 3 is 2.55 bits per heavy atom. The monoisotopic (exact) mass is 457 g/mol. The predicted octanol–water partition coefficient (Wildman–Crippen LogP) is 2.57. The Morgan fingerprint density at radius 2 is 2.07 bits per heavy atom. The Kier molecular flexibility index (Phi) is 6.65. The molecule has 0 fully saturated rings. The largest absolute Gasteiger partial charge is 0.444 e. The van der Waals surface area contributed by atoms with Gasteiger partial charge in [-0.2, -0.15) is 17.5 Å². The van der Waals surface area contributed by atoms with Crippen LogP contribution in [-0.4, -0.2) is 55.6 Å². The van der Waals surface area contributed by atoms with E-state index in [1.807, 2.05) is 0 Å². The minimum Gasteiger partial charge on any atom is -0.444 e. The van der Waals surface area contributed by atoms with Crippen LogP contribution in [0.3, 0.4) is 0 Å². The number of alkyl halides is 3. The van der Waals surface area contributed by atoms with Gasteiger partial charge in [0.05, 0.1) is 9.73 Å². The topological polar surface area (TPSA) is 118 Å². The average Bonchev–Trinajstić information content (AvgIpc) is 3.08. The normalized spacial score (nSPS) is 25.1. The van der Waals surface area contributed by atoms with Gasteiger partial charge in [-0.05, 0) is 27.2 Å². The van der Waals surface area contributed by atoms with Gasteiger partial charge in [-0.25, -0.2) is 14.0 Å². The first-order chi connectivity index (χ1) is 13.2. The summed E-state index contributed by atoms with van der Waals surface area (Å²) in [6.45, 7) is 4.91. The number of hydrogen-bond donors (Lipinski definition) is 2. The molecule has 0 aromatic carbocycles. The van der Waals surface area contributed by atoms with Gasteiger partial charge in [0.15, 0.2) is 0 Å². The number of amides is 2. The molecule has 3 atom stereocenters. The van der Waals surface area contributed by atoms with Crippen LogP contribution in [0.1, 0.15) is 38.6 Å². The highest BCUT2D eigenvalue weighted by atomic mass is 32.2. The van der Waals surface area contributed by atoms with E-state index >= 15 is 0 Å². The smallest absolute Gasteiger partial charge is 0.423 e. The molecule has 0 aliphatic carbocycles. The number of aliphatic hydroxyl groups is 1. The fourth-order valence-corrected chi connectivity index (χ4v) is 5.38. The van der Waals surface area contributed by atoms with Crippen molar-refractivity contribution in [3.05, 3.63) is 16.6 Å². The molecule has 2 amide bonds. The number of nitrogens with one attached hydrogen (secondary N) is 1. The Morgan fingerprint density at radius 1 is 1.41 bits per heavy atom. The molecule has 8 nitrogen and oxygen atoms in total. The Hall–Kier alpha value is -1.73. The maximum Gasteiger partial charge on any atom is 0.423 e. The first kappa shape index (κ1) is 23.5. The van der Waals surface area contributed by atoms with Crippen LogP contribution >= 0.6 is 11.3 Å². The van der Waals surface area contributed by atoms with Gasteiger partial charge in [-0.15, -0.1) is 11.3 Å². The average molecular weight is 457 g/mol. The van der Waals surface area contributed by atoms with Crippen molar-refractivity contribution in [3.63, 3.8) is 0 Å². The molecule has 2 rings (SSSR count). The van der Waals surface area contributed by atoms with Gasteiger partial charge in [-0.1, -0.05) is 0 Å². The van der Waals surface area contributed by atoms with Crippen molar-refractivity contribution in [1.29, 1.82) is 0 Å². The van der Waals surface area contributed by atoms with E-state index in [0.717, 1.165) is 6.20 Å². The molecule has 1 aliphatic heterocycles. The van der Waals surface area contributed by atoms with E-state index in [1.165, 1.54) is 5.38 Å². The van der Waals surface area contributed by atoms with Gasteiger partial charge in [0.25, 0.3) is 5.91 Å². The van der Waals surface area contributed by atoms with Crippen molar-refractivity contribution < 1.29 is 36.8 Å². The summed E-state index contributed by atoms with van der Waals surface area (Å²) in [7, 11) is -3.33. The molecular weight excluding hydrogens is 435 g/mol. The van der Waals surface area contributed by atoms with E-state index in [0.29, 0.717) is 11.3 Å². The minimum absolute atomic E-state index is 0.0674. The van der Waals surface area contributed by atoms with Crippen molar-refractivity contribution in [3.8, 4) is 0 Å². The van der Waals surface area contributed by atoms with Crippen LogP contribution in [0, 0.1) is 0 Å². The number of nitrogens with zero attached hydrogens (tertiary/aromatic N) is 2. The number of halogens is 3. The highest BCUT2D eigenvalue weighted by molar-refractivity contribution is 7.93. The molecule has 2 heterocycles. The van der Waals surface area contributed by atoms with Gasteiger partial charge in [0.1, 0.15) is 16.7 Å². The molecule has 1 aromatic rings. The molecule has 0 spiro atoms.